The number of pyridine rings is 1. The predicted octanol–water partition coefficient (Wildman–Crippen LogP) is 3.45. The molecule has 0 amide bonds. The van der Waals surface area contributed by atoms with E-state index in [9.17, 15) is 9.90 Å². The van der Waals surface area contributed by atoms with Crippen molar-refractivity contribution in [1.29, 1.82) is 0 Å². The molecular weight excluding hydrogens is 374 g/mol. The number of anilines is 1. The summed E-state index contributed by atoms with van der Waals surface area (Å²) in [4.78, 5) is 19.7. The molecule has 0 atom stereocenters. The number of carbonyl (C=O) groups is 1. The Morgan fingerprint density at radius 1 is 1.25 bits per heavy atom. The number of rotatable bonds is 2. The van der Waals surface area contributed by atoms with Crippen molar-refractivity contribution in [2.24, 2.45) is 7.05 Å². The van der Waals surface area contributed by atoms with Gasteiger partial charge >= 0.3 is 0 Å². The van der Waals surface area contributed by atoms with E-state index in [2.05, 4.69) is 9.88 Å². The summed E-state index contributed by atoms with van der Waals surface area (Å²) in [5.74, 6) is 2.45. The van der Waals surface area contributed by atoms with Gasteiger partial charge in [0.25, 0.3) is 0 Å². The molecule has 2 aliphatic heterocycles. The summed E-state index contributed by atoms with van der Waals surface area (Å²) in [6.07, 6.45) is 5.56. The second-order valence-electron chi connectivity index (χ2n) is 6.91. The summed E-state index contributed by atoms with van der Waals surface area (Å²) in [6.45, 7) is 1.98. The number of thioether (sulfide) groups is 1. The Bertz CT molecular complexity index is 1130. The summed E-state index contributed by atoms with van der Waals surface area (Å²) >= 11 is 1.97. The van der Waals surface area contributed by atoms with Crippen LogP contribution in [0.1, 0.15) is 15.9 Å². The van der Waals surface area contributed by atoms with Gasteiger partial charge in [-0.1, -0.05) is 6.07 Å². The number of phenolic OH excluding ortho intramolecular Hbond substituents is 1. The second kappa shape index (κ2) is 6.60. The first-order valence-corrected chi connectivity index (χ1v) is 10.3. The van der Waals surface area contributed by atoms with E-state index in [4.69, 9.17) is 4.74 Å². The Kier molecular flexibility index (Phi) is 4.05. The molecule has 28 heavy (non-hydrogen) atoms. The Balaban J connectivity index is 1.63. The third kappa shape index (κ3) is 2.65. The third-order valence-corrected chi connectivity index (χ3v) is 6.12. The highest BCUT2D eigenvalue weighted by molar-refractivity contribution is 7.99. The van der Waals surface area contributed by atoms with Crippen molar-refractivity contribution in [3.8, 4) is 11.5 Å². The number of phenols is 1. The number of ketones is 1. The van der Waals surface area contributed by atoms with E-state index < -0.39 is 0 Å². The van der Waals surface area contributed by atoms with Gasteiger partial charge in [-0.25, -0.2) is 4.98 Å². The number of carbonyl (C=O) groups excluding carboxylic acids is 1. The largest absolute Gasteiger partial charge is 0.507 e. The fourth-order valence-electron chi connectivity index (χ4n) is 3.85. The number of Topliss-reactive ketones (excluding diaryl/α,β-unsaturated/α-hetero) is 1. The van der Waals surface area contributed by atoms with E-state index in [1.165, 1.54) is 6.07 Å². The zero-order chi connectivity index (χ0) is 19.3. The van der Waals surface area contributed by atoms with E-state index in [0.29, 0.717) is 5.75 Å². The first kappa shape index (κ1) is 17.2. The van der Waals surface area contributed by atoms with Crippen molar-refractivity contribution in [2.75, 3.05) is 29.5 Å². The quantitative estimate of drug-likeness (QED) is 0.673. The van der Waals surface area contributed by atoms with Gasteiger partial charge in [0.05, 0.1) is 0 Å². The maximum absolute atomic E-state index is 12.8. The first-order valence-electron chi connectivity index (χ1n) is 9.16. The van der Waals surface area contributed by atoms with Crippen LogP contribution in [-0.2, 0) is 7.05 Å². The number of aromatic hydroxyl groups is 1. The van der Waals surface area contributed by atoms with E-state index in [-0.39, 0.29) is 22.9 Å². The minimum Gasteiger partial charge on any atom is -0.507 e. The summed E-state index contributed by atoms with van der Waals surface area (Å²) in [5.41, 5.74) is 3.10. The van der Waals surface area contributed by atoms with Crippen LogP contribution in [0.3, 0.4) is 0 Å². The Hall–Kier alpha value is -2.93. The Morgan fingerprint density at radius 3 is 2.86 bits per heavy atom. The molecule has 1 saturated heterocycles. The Morgan fingerprint density at radius 2 is 2.07 bits per heavy atom. The smallest absolute Gasteiger partial charge is 0.235 e. The molecule has 2 aliphatic rings. The highest BCUT2D eigenvalue weighted by atomic mass is 32.2. The molecule has 0 aliphatic carbocycles. The van der Waals surface area contributed by atoms with Crippen molar-refractivity contribution in [2.45, 2.75) is 0 Å². The monoisotopic (exact) mass is 393 g/mol. The van der Waals surface area contributed by atoms with Crippen molar-refractivity contribution >= 4 is 40.3 Å². The number of aromatic nitrogens is 2. The summed E-state index contributed by atoms with van der Waals surface area (Å²) in [6, 6.07) is 6.89. The van der Waals surface area contributed by atoms with Gasteiger partial charge in [-0.2, -0.15) is 11.8 Å². The molecule has 142 valence electrons. The van der Waals surface area contributed by atoms with Gasteiger partial charge in [0.15, 0.2) is 5.76 Å². The number of ether oxygens (including phenoxy) is 1. The number of nitrogens with zero attached hydrogens (tertiary/aromatic N) is 3. The molecule has 0 radical (unpaired) electrons. The van der Waals surface area contributed by atoms with Crippen molar-refractivity contribution in [3.63, 3.8) is 0 Å². The normalized spacial score (nSPS) is 18.0. The Labute approximate surface area is 166 Å². The lowest BCUT2D eigenvalue weighted by Crippen LogP contribution is -2.32. The fraction of sp³-hybridized carbons (Fsp3) is 0.238. The summed E-state index contributed by atoms with van der Waals surface area (Å²) in [5, 5.41) is 11.0. The van der Waals surface area contributed by atoms with Crippen LogP contribution in [0.5, 0.6) is 11.5 Å². The molecule has 0 saturated carbocycles. The molecule has 7 heteroatoms. The van der Waals surface area contributed by atoms with Crippen LogP contribution in [0.25, 0.3) is 17.1 Å². The molecule has 2 aromatic heterocycles. The lowest BCUT2D eigenvalue weighted by molar-refractivity contribution is 0.101. The first-order chi connectivity index (χ1) is 13.6. The minimum absolute atomic E-state index is 0.0583. The van der Waals surface area contributed by atoms with Crippen LogP contribution >= 0.6 is 11.8 Å². The van der Waals surface area contributed by atoms with Crippen LogP contribution in [0.2, 0.25) is 0 Å². The molecule has 6 nitrogen and oxygen atoms in total. The lowest BCUT2D eigenvalue weighted by Gasteiger charge is -2.29. The van der Waals surface area contributed by atoms with Gasteiger partial charge in [0, 0.05) is 60.7 Å². The molecule has 5 rings (SSSR count). The maximum atomic E-state index is 12.8. The molecule has 4 heterocycles. The lowest BCUT2D eigenvalue weighted by atomic mass is 10.1. The van der Waals surface area contributed by atoms with Crippen LogP contribution in [0.15, 0.2) is 42.4 Å². The number of aryl methyl sites for hydroxylation is 1. The van der Waals surface area contributed by atoms with E-state index >= 15 is 0 Å². The van der Waals surface area contributed by atoms with Crippen molar-refractivity contribution in [1.82, 2.24) is 9.55 Å². The highest BCUT2D eigenvalue weighted by Crippen LogP contribution is 2.39. The van der Waals surface area contributed by atoms with Gasteiger partial charge in [0.1, 0.15) is 22.7 Å². The average molecular weight is 393 g/mol. The van der Waals surface area contributed by atoms with Gasteiger partial charge < -0.3 is 19.3 Å². The molecule has 0 bridgehead atoms. The van der Waals surface area contributed by atoms with Crippen LogP contribution in [-0.4, -0.2) is 45.0 Å². The number of hydrogen-bond acceptors (Lipinski definition) is 6. The van der Waals surface area contributed by atoms with Gasteiger partial charge in [-0.15, -0.1) is 0 Å². The predicted molar refractivity (Wildman–Crippen MR) is 111 cm³/mol. The molecule has 1 N–H and O–H groups in total. The maximum Gasteiger partial charge on any atom is 0.235 e. The van der Waals surface area contributed by atoms with Gasteiger partial charge in [0.2, 0.25) is 5.78 Å². The molecular formula is C21H19N3O3S. The number of allylic oxidation sites excluding steroid dienone is 1. The molecule has 3 aromatic rings. The van der Waals surface area contributed by atoms with E-state index in [0.717, 1.165) is 46.9 Å². The average Bonchev–Trinajstić information content (AvgIpc) is 3.21. The summed E-state index contributed by atoms with van der Waals surface area (Å²) in [7, 11) is 1.95. The number of benzene rings is 1. The highest BCUT2D eigenvalue weighted by Gasteiger charge is 2.31. The molecule has 1 aromatic carbocycles. The van der Waals surface area contributed by atoms with Crippen LogP contribution < -0.4 is 9.64 Å². The third-order valence-electron chi connectivity index (χ3n) is 5.18. The molecule has 0 unspecified atom stereocenters. The minimum atomic E-state index is -0.301. The van der Waals surface area contributed by atoms with Crippen LogP contribution in [0.4, 0.5) is 5.69 Å². The standard InChI is InChI=1S/C21H19N3O3S/c1-23-12-13(11-17-20(26)19-15(25)3-2-4-16(19)27-17)18-14(5-6-22-21(18)23)24-7-9-28-10-8-24/h2-6,11-12,25H,7-10H2,1H3. The topological polar surface area (TPSA) is 67.6 Å². The van der Waals surface area contributed by atoms with E-state index in [1.807, 2.05) is 41.8 Å². The molecule has 1 fully saturated rings. The zero-order valence-corrected chi connectivity index (χ0v) is 16.2. The van der Waals surface area contributed by atoms with Crippen molar-refractivity contribution < 1.29 is 14.6 Å². The zero-order valence-electron chi connectivity index (χ0n) is 15.4. The number of fused-ring (bicyclic) bond motifs is 2. The number of hydrogen-bond donors (Lipinski definition) is 1. The van der Waals surface area contributed by atoms with Crippen molar-refractivity contribution in [3.05, 3.63) is 53.5 Å². The fourth-order valence-corrected chi connectivity index (χ4v) is 4.76. The van der Waals surface area contributed by atoms with Gasteiger partial charge in [-0.3, -0.25) is 4.79 Å². The second-order valence-corrected chi connectivity index (χ2v) is 8.14. The van der Waals surface area contributed by atoms with Crippen LogP contribution in [0, 0.1) is 0 Å². The SMILES string of the molecule is Cn1cc(C=C2Oc3cccc(O)c3C2=O)c2c(N3CCSCC3)ccnc21. The van der Waals surface area contributed by atoms with E-state index in [1.54, 1.807) is 18.2 Å². The molecule has 0 spiro atoms. The summed E-state index contributed by atoms with van der Waals surface area (Å²) < 4.78 is 7.72. The van der Waals surface area contributed by atoms with Gasteiger partial charge in [-0.05, 0) is 24.3 Å².